The van der Waals surface area contributed by atoms with Gasteiger partial charge in [0, 0.05) is 7.05 Å². The highest BCUT2D eigenvalue weighted by atomic mass is 19.4. The Labute approximate surface area is 135 Å². The maximum Gasteiger partial charge on any atom is 0.416 e. The summed E-state index contributed by atoms with van der Waals surface area (Å²) in [6, 6.07) is 4.25. The normalized spacial score (nSPS) is 15.2. The van der Waals surface area contributed by atoms with E-state index in [9.17, 15) is 27.9 Å². The van der Waals surface area contributed by atoms with Crippen LogP contribution in [0, 0.1) is 0 Å². The molecule has 0 atom stereocenters. The lowest BCUT2D eigenvalue weighted by atomic mass is 10.1. The molecule has 0 bridgehead atoms. The zero-order chi connectivity index (χ0) is 18.1. The summed E-state index contributed by atoms with van der Waals surface area (Å²) in [5, 5.41) is 10.6. The molecule has 1 aromatic rings. The first-order valence-corrected chi connectivity index (χ1v) is 6.84. The van der Waals surface area contributed by atoms with Gasteiger partial charge in [-0.2, -0.15) is 13.2 Å². The highest BCUT2D eigenvalue weighted by Gasteiger charge is 2.34. The minimum Gasteiger partial charge on any atom is -0.503 e. The van der Waals surface area contributed by atoms with Crippen molar-refractivity contribution in [2.75, 3.05) is 20.7 Å². The summed E-state index contributed by atoms with van der Waals surface area (Å²) in [5.74, 6) is -2.06. The first-order chi connectivity index (χ1) is 11.1. The van der Waals surface area contributed by atoms with Gasteiger partial charge in [-0.1, -0.05) is 12.1 Å². The van der Waals surface area contributed by atoms with E-state index in [1.54, 1.807) is 0 Å². The molecule has 0 aliphatic carbocycles. The number of amides is 2. The molecule has 130 valence electrons. The number of carbonyl (C=O) groups is 2. The van der Waals surface area contributed by atoms with Gasteiger partial charge in [-0.3, -0.25) is 14.4 Å². The molecule has 1 aromatic carbocycles. The number of likely N-dealkylation sites (N-methyl/N-ethyl adjacent to an activating group) is 1. The monoisotopic (exact) mass is 344 g/mol. The average molecular weight is 344 g/mol. The molecule has 0 fully saturated rings. The third-order valence-corrected chi connectivity index (χ3v) is 3.54. The molecule has 0 radical (unpaired) electrons. The number of hydroxylamine groups is 2. The molecule has 1 N–H and O–H groups in total. The van der Waals surface area contributed by atoms with Crippen LogP contribution >= 0.6 is 0 Å². The van der Waals surface area contributed by atoms with Crippen LogP contribution < -0.4 is 0 Å². The highest BCUT2D eigenvalue weighted by molar-refractivity contribution is 6.06. The largest absolute Gasteiger partial charge is 0.503 e. The lowest BCUT2D eigenvalue weighted by Crippen LogP contribution is -2.32. The number of aliphatic hydroxyl groups is 1. The fourth-order valence-electron chi connectivity index (χ4n) is 2.20. The predicted octanol–water partition coefficient (Wildman–Crippen LogP) is 1.88. The molecule has 2 rings (SSSR count). The summed E-state index contributed by atoms with van der Waals surface area (Å²) in [6.07, 6.45) is -4.44. The Morgan fingerprint density at radius 3 is 2.33 bits per heavy atom. The second-order valence-corrected chi connectivity index (χ2v) is 5.21. The number of hydrogen-bond donors (Lipinski definition) is 1. The molecule has 24 heavy (non-hydrogen) atoms. The quantitative estimate of drug-likeness (QED) is 0.847. The molecule has 0 saturated heterocycles. The smallest absolute Gasteiger partial charge is 0.416 e. The van der Waals surface area contributed by atoms with Crippen molar-refractivity contribution in [1.29, 1.82) is 0 Å². The fourth-order valence-corrected chi connectivity index (χ4v) is 2.20. The van der Waals surface area contributed by atoms with E-state index in [0.29, 0.717) is 5.56 Å². The van der Waals surface area contributed by atoms with Crippen LogP contribution in [0.4, 0.5) is 13.2 Å². The van der Waals surface area contributed by atoms with E-state index < -0.39 is 29.3 Å². The minimum absolute atomic E-state index is 0.0730. The second kappa shape index (κ2) is 6.52. The molecule has 9 heteroatoms. The molecule has 2 amide bonds. The Bertz CT molecular complexity index is 683. The number of alkyl halides is 3. The van der Waals surface area contributed by atoms with Crippen molar-refractivity contribution in [1.82, 2.24) is 9.96 Å². The summed E-state index contributed by atoms with van der Waals surface area (Å²) in [5.41, 5.74) is -0.530. The minimum atomic E-state index is -4.44. The van der Waals surface area contributed by atoms with Gasteiger partial charge in [-0.05, 0) is 17.7 Å². The predicted molar refractivity (Wildman–Crippen MR) is 76.3 cm³/mol. The zero-order valence-electron chi connectivity index (χ0n) is 12.9. The molecule has 1 heterocycles. The van der Waals surface area contributed by atoms with E-state index in [4.69, 9.17) is 4.84 Å². The first-order valence-electron chi connectivity index (χ1n) is 6.84. The van der Waals surface area contributed by atoms with Crippen LogP contribution in [0.1, 0.15) is 11.1 Å². The number of aliphatic hydroxyl groups excluding tert-OH is 1. The molecular weight excluding hydrogens is 329 g/mol. The second-order valence-electron chi connectivity index (χ2n) is 5.21. The van der Waals surface area contributed by atoms with Crippen LogP contribution in [0.25, 0.3) is 0 Å². The van der Waals surface area contributed by atoms with Gasteiger partial charge < -0.3 is 10.0 Å². The van der Waals surface area contributed by atoms with Crippen LogP contribution in [0.5, 0.6) is 0 Å². The summed E-state index contributed by atoms with van der Waals surface area (Å²) >= 11 is 0. The van der Waals surface area contributed by atoms with E-state index in [-0.39, 0.29) is 18.7 Å². The van der Waals surface area contributed by atoms with E-state index >= 15 is 0 Å². The summed E-state index contributed by atoms with van der Waals surface area (Å²) in [7, 11) is 2.63. The summed E-state index contributed by atoms with van der Waals surface area (Å²) < 4.78 is 37.6. The van der Waals surface area contributed by atoms with Crippen molar-refractivity contribution in [3.05, 3.63) is 46.7 Å². The molecule has 1 aliphatic rings. The van der Waals surface area contributed by atoms with Gasteiger partial charge in [0.25, 0.3) is 11.8 Å². The van der Waals surface area contributed by atoms with Crippen molar-refractivity contribution in [3.63, 3.8) is 0 Å². The SMILES string of the molecule is CON(Cc1ccc(C(F)(F)F)cc1)C(=O)C1=C(O)C(=O)N(C)C1. The van der Waals surface area contributed by atoms with Crippen LogP contribution in [-0.2, 0) is 27.1 Å². The lowest BCUT2D eigenvalue weighted by Gasteiger charge is -2.20. The number of rotatable bonds is 4. The Hall–Kier alpha value is -2.55. The van der Waals surface area contributed by atoms with E-state index in [0.717, 1.165) is 22.1 Å². The van der Waals surface area contributed by atoms with Gasteiger partial charge in [0.1, 0.15) is 0 Å². The number of carbonyl (C=O) groups excluding carboxylic acids is 2. The highest BCUT2D eigenvalue weighted by Crippen LogP contribution is 2.29. The Kier molecular flexibility index (Phi) is 4.83. The van der Waals surface area contributed by atoms with Crippen molar-refractivity contribution >= 4 is 11.8 Å². The molecule has 0 aromatic heterocycles. The van der Waals surface area contributed by atoms with Crippen molar-refractivity contribution in [3.8, 4) is 0 Å². The zero-order valence-corrected chi connectivity index (χ0v) is 12.9. The third-order valence-electron chi connectivity index (χ3n) is 3.54. The Morgan fingerprint density at radius 1 is 1.33 bits per heavy atom. The standard InChI is InChI=1S/C15H15F3N2O4/c1-19-8-11(12(21)14(19)23)13(22)20(24-2)7-9-3-5-10(6-4-9)15(16,17)18/h3-6,21H,7-8H2,1-2H3. The lowest BCUT2D eigenvalue weighted by molar-refractivity contribution is -0.175. The van der Waals surface area contributed by atoms with Crippen LogP contribution in [0.2, 0.25) is 0 Å². The number of halogens is 3. The van der Waals surface area contributed by atoms with Crippen LogP contribution in [0.3, 0.4) is 0 Å². The molecule has 0 saturated carbocycles. The van der Waals surface area contributed by atoms with E-state index in [1.807, 2.05) is 0 Å². The molecular formula is C15H15F3N2O4. The van der Waals surface area contributed by atoms with Crippen molar-refractivity contribution < 1.29 is 32.7 Å². The molecule has 0 spiro atoms. The van der Waals surface area contributed by atoms with E-state index in [2.05, 4.69) is 0 Å². The van der Waals surface area contributed by atoms with Crippen LogP contribution in [-0.4, -0.2) is 47.6 Å². The third kappa shape index (κ3) is 3.51. The maximum atomic E-state index is 12.5. The Balaban J connectivity index is 2.15. The number of benzene rings is 1. The van der Waals surface area contributed by atoms with Gasteiger partial charge >= 0.3 is 6.18 Å². The number of hydrogen-bond acceptors (Lipinski definition) is 4. The van der Waals surface area contributed by atoms with Crippen molar-refractivity contribution in [2.24, 2.45) is 0 Å². The number of nitrogens with zero attached hydrogens (tertiary/aromatic N) is 2. The summed E-state index contributed by atoms with van der Waals surface area (Å²) in [6.45, 7) is -0.210. The maximum absolute atomic E-state index is 12.5. The molecule has 1 aliphatic heterocycles. The molecule has 6 nitrogen and oxygen atoms in total. The average Bonchev–Trinajstić information content (AvgIpc) is 2.79. The van der Waals surface area contributed by atoms with Crippen molar-refractivity contribution in [2.45, 2.75) is 12.7 Å². The topological polar surface area (TPSA) is 70.1 Å². The van der Waals surface area contributed by atoms with Crippen LogP contribution in [0.15, 0.2) is 35.6 Å². The van der Waals surface area contributed by atoms with Gasteiger partial charge in [0.05, 0.1) is 31.3 Å². The Morgan fingerprint density at radius 2 is 1.92 bits per heavy atom. The van der Waals surface area contributed by atoms with Gasteiger partial charge in [0.15, 0.2) is 5.76 Å². The molecule has 0 unspecified atom stereocenters. The fraction of sp³-hybridized carbons (Fsp3) is 0.333. The summed E-state index contributed by atoms with van der Waals surface area (Å²) in [4.78, 5) is 29.9. The van der Waals surface area contributed by atoms with E-state index in [1.165, 1.54) is 26.3 Å². The first kappa shape index (κ1) is 17.8. The van der Waals surface area contributed by atoms with Gasteiger partial charge in [-0.15, -0.1) is 0 Å². The van der Waals surface area contributed by atoms with Gasteiger partial charge in [-0.25, -0.2) is 5.06 Å². The van der Waals surface area contributed by atoms with Gasteiger partial charge in [0.2, 0.25) is 0 Å².